The number of anilines is 1. The second-order valence-electron chi connectivity index (χ2n) is 6.36. The van der Waals surface area contributed by atoms with Crippen molar-refractivity contribution in [3.63, 3.8) is 0 Å². The molecule has 0 bridgehead atoms. The Hall–Kier alpha value is -1.02. The third-order valence-corrected chi connectivity index (χ3v) is 4.44. The Balaban J connectivity index is 2.13. The van der Waals surface area contributed by atoms with Gasteiger partial charge in [-0.25, -0.2) is 0 Å². The Kier molecular flexibility index (Phi) is 4.51. The van der Waals surface area contributed by atoms with Crippen molar-refractivity contribution in [2.75, 3.05) is 18.5 Å². The Morgan fingerprint density at radius 2 is 2.11 bits per heavy atom. The van der Waals surface area contributed by atoms with Gasteiger partial charge >= 0.3 is 0 Å². The van der Waals surface area contributed by atoms with Crippen LogP contribution in [0, 0.1) is 18.8 Å². The maximum absolute atomic E-state index is 6.14. The molecule has 0 aromatic heterocycles. The van der Waals surface area contributed by atoms with Gasteiger partial charge in [0.2, 0.25) is 0 Å². The third kappa shape index (κ3) is 3.73. The van der Waals surface area contributed by atoms with Gasteiger partial charge in [-0.2, -0.15) is 0 Å². The van der Waals surface area contributed by atoms with E-state index in [4.69, 9.17) is 5.73 Å². The van der Waals surface area contributed by atoms with Crippen molar-refractivity contribution in [2.45, 2.75) is 46.1 Å². The van der Waals surface area contributed by atoms with E-state index in [1.54, 1.807) is 0 Å². The number of nitrogens with two attached hydrogens (primary N) is 1. The number of hydrogen-bond donors (Lipinski definition) is 1. The van der Waals surface area contributed by atoms with E-state index < -0.39 is 0 Å². The molecule has 0 radical (unpaired) electrons. The first-order valence-electron chi connectivity index (χ1n) is 7.57. The van der Waals surface area contributed by atoms with Gasteiger partial charge in [0.25, 0.3) is 0 Å². The number of nitrogens with zero attached hydrogens (tertiary/aromatic N) is 1. The van der Waals surface area contributed by atoms with E-state index in [0.717, 1.165) is 24.7 Å². The molecule has 106 valence electrons. The third-order valence-electron chi connectivity index (χ3n) is 4.44. The molecule has 0 saturated heterocycles. The van der Waals surface area contributed by atoms with Crippen LogP contribution in [0.5, 0.6) is 0 Å². The molecule has 1 aromatic rings. The quantitative estimate of drug-likeness (QED) is 0.849. The minimum Gasteiger partial charge on any atom is -0.374 e. The molecular weight excluding hydrogens is 232 g/mol. The minimum atomic E-state index is 0.272. The highest BCUT2D eigenvalue weighted by Crippen LogP contribution is 2.39. The maximum Gasteiger partial charge on any atom is 0.0397 e. The van der Waals surface area contributed by atoms with E-state index in [1.165, 1.54) is 29.8 Å². The summed E-state index contributed by atoms with van der Waals surface area (Å²) in [5, 5.41) is 0. The summed E-state index contributed by atoms with van der Waals surface area (Å²) in [6, 6.07) is 7.05. The SMILES string of the molecule is CCC(N)Cc1cc(C)ccc1N(C)CC1CC1C. The number of rotatable bonds is 6. The fraction of sp³-hybridized carbons (Fsp3) is 0.647. The zero-order valence-corrected chi connectivity index (χ0v) is 12.8. The second-order valence-corrected chi connectivity index (χ2v) is 6.36. The molecule has 1 aliphatic carbocycles. The van der Waals surface area contributed by atoms with Crippen LogP contribution in [0.1, 0.15) is 37.8 Å². The molecule has 0 spiro atoms. The normalized spacial score (nSPS) is 23.2. The predicted octanol–water partition coefficient (Wildman–Crippen LogP) is 3.37. The van der Waals surface area contributed by atoms with Crippen molar-refractivity contribution < 1.29 is 0 Å². The van der Waals surface area contributed by atoms with E-state index in [1.807, 2.05) is 0 Å². The van der Waals surface area contributed by atoms with Crippen LogP contribution in [0.15, 0.2) is 18.2 Å². The van der Waals surface area contributed by atoms with Crippen LogP contribution in [0.25, 0.3) is 0 Å². The van der Waals surface area contributed by atoms with Gasteiger partial charge in [0.1, 0.15) is 0 Å². The monoisotopic (exact) mass is 260 g/mol. The molecule has 0 aliphatic heterocycles. The van der Waals surface area contributed by atoms with Gasteiger partial charge < -0.3 is 10.6 Å². The largest absolute Gasteiger partial charge is 0.374 e. The first kappa shape index (κ1) is 14.4. The minimum absolute atomic E-state index is 0.272. The Labute approximate surface area is 118 Å². The lowest BCUT2D eigenvalue weighted by atomic mass is 10.00. The average molecular weight is 260 g/mol. The Morgan fingerprint density at radius 3 is 2.68 bits per heavy atom. The van der Waals surface area contributed by atoms with Gasteiger partial charge in [-0.3, -0.25) is 0 Å². The molecule has 1 aromatic carbocycles. The van der Waals surface area contributed by atoms with Crippen LogP contribution < -0.4 is 10.6 Å². The lowest BCUT2D eigenvalue weighted by Crippen LogP contribution is -2.25. The van der Waals surface area contributed by atoms with Crippen LogP contribution >= 0.6 is 0 Å². The molecule has 2 rings (SSSR count). The number of hydrogen-bond acceptors (Lipinski definition) is 2. The molecule has 19 heavy (non-hydrogen) atoms. The molecule has 1 aliphatic rings. The van der Waals surface area contributed by atoms with Crippen LogP contribution in [-0.2, 0) is 6.42 Å². The highest BCUT2D eigenvalue weighted by atomic mass is 15.1. The lowest BCUT2D eigenvalue weighted by Gasteiger charge is -2.24. The number of benzene rings is 1. The second kappa shape index (κ2) is 5.96. The average Bonchev–Trinajstić information content (AvgIpc) is 3.04. The van der Waals surface area contributed by atoms with Crippen molar-refractivity contribution in [3.05, 3.63) is 29.3 Å². The highest BCUT2D eigenvalue weighted by molar-refractivity contribution is 5.55. The van der Waals surface area contributed by atoms with Gasteiger partial charge in [-0.05, 0) is 49.7 Å². The van der Waals surface area contributed by atoms with Gasteiger partial charge in [-0.15, -0.1) is 0 Å². The topological polar surface area (TPSA) is 29.3 Å². The van der Waals surface area contributed by atoms with Gasteiger partial charge in [-0.1, -0.05) is 31.5 Å². The summed E-state index contributed by atoms with van der Waals surface area (Å²) in [7, 11) is 2.22. The zero-order chi connectivity index (χ0) is 14.0. The summed E-state index contributed by atoms with van der Waals surface area (Å²) in [6.07, 6.45) is 3.41. The van der Waals surface area contributed by atoms with E-state index in [-0.39, 0.29) is 6.04 Å². The molecule has 3 unspecified atom stereocenters. The van der Waals surface area contributed by atoms with Crippen molar-refractivity contribution in [1.82, 2.24) is 0 Å². The van der Waals surface area contributed by atoms with Crippen LogP contribution in [0.4, 0.5) is 5.69 Å². The molecule has 2 nitrogen and oxygen atoms in total. The Morgan fingerprint density at radius 1 is 1.42 bits per heavy atom. The first-order valence-corrected chi connectivity index (χ1v) is 7.57. The molecule has 0 heterocycles. The molecule has 3 atom stereocenters. The van der Waals surface area contributed by atoms with Crippen LogP contribution in [0.2, 0.25) is 0 Å². The summed E-state index contributed by atoms with van der Waals surface area (Å²) in [5.41, 5.74) is 10.2. The Bertz CT molecular complexity index is 427. The van der Waals surface area contributed by atoms with E-state index in [9.17, 15) is 0 Å². The molecule has 2 N–H and O–H groups in total. The summed E-state index contributed by atoms with van der Waals surface area (Å²) >= 11 is 0. The van der Waals surface area contributed by atoms with Gasteiger partial charge in [0.05, 0.1) is 0 Å². The summed E-state index contributed by atoms with van der Waals surface area (Å²) in [4.78, 5) is 2.42. The smallest absolute Gasteiger partial charge is 0.0397 e. The van der Waals surface area contributed by atoms with Crippen LogP contribution in [-0.4, -0.2) is 19.6 Å². The predicted molar refractivity (Wildman–Crippen MR) is 83.7 cm³/mol. The summed E-state index contributed by atoms with van der Waals surface area (Å²) in [5.74, 6) is 1.80. The standard InChI is InChI=1S/C17H28N2/c1-5-16(18)10-14-8-12(2)6-7-17(14)19(4)11-15-9-13(15)3/h6-8,13,15-16H,5,9-11,18H2,1-4H3. The van der Waals surface area contributed by atoms with Gasteiger partial charge in [0.15, 0.2) is 0 Å². The summed E-state index contributed by atoms with van der Waals surface area (Å²) in [6.45, 7) is 7.85. The lowest BCUT2D eigenvalue weighted by molar-refractivity contribution is 0.643. The van der Waals surface area contributed by atoms with E-state index >= 15 is 0 Å². The summed E-state index contributed by atoms with van der Waals surface area (Å²) < 4.78 is 0. The zero-order valence-electron chi connectivity index (χ0n) is 12.8. The fourth-order valence-corrected chi connectivity index (χ4v) is 2.78. The first-order chi connectivity index (χ1) is 9.01. The molecule has 1 saturated carbocycles. The molecule has 1 fully saturated rings. The molecular formula is C17H28N2. The molecule has 2 heteroatoms. The maximum atomic E-state index is 6.14. The number of aryl methyl sites for hydroxylation is 1. The highest BCUT2D eigenvalue weighted by Gasteiger charge is 2.33. The van der Waals surface area contributed by atoms with Crippen molar-refractivity contribution in [2.24, 2.45) is 17.6 Å². The van der Waals surface area contributed by atoms with E-state index in [2.05, 4.69) is 50.9 Å². The van der Waals surface area contributed by atoms with Gasteiger partial charge in [0, 0.05) is 25.3 Å². The van der Waals surface area contributed by atoms with Crippen molar-refractivity contribution >= 4 is 5.69 Å². The van der Waals surface area contributed by atoms with Crippen LogP contribution in [0.3, 0.4) is 0 Å². The van der Waals surface area contributed by atoms with Crippen molar-refractivity contribution in [1.29, 1.82) is 0 Å². The fourth-order valence-electron chi connectivity index (χ4n) is 2.78. The van der Waals surface area contributed by atoms with E-state index in [0.29, 0.717) is 0 Å². The van der Waals surface area contributed by atoms with Crippen molar-refractivity contribution in [3.8, 4) is 0 Å². The molecule has 0 amide bonds.